The largest absolute Gasteiger partial charge is 0.373 e. The van der Waals surface area contributed by atoms with Crippen molar-refractivity contribution in [2.75, 3.05) is 12.4 Å². The van der Waals surface area contributed by atoms with Gasteiger partial charge in [0, 0.05) is 43.0 Å². The Hall–Kier alpha value is -3.21. The van der Waals surface area contributed by atoms with Crippen LogP contribution in [-0.2, 0) is 7.05 Å². The normalized spacial score (nSPS) is 11.0. The molecule has 0 bridgehead atoms. The summed E-state index contributed by atoms with van der Waals surface area (Å²) in [7, 11) is 3.81. The Morgan fingerprint density at radius 1 is 0.880 bits per heavy atom. The van der Waals surface area contributed by atoms with Crippen molar-refractivity contribution in [3.63, 3.8) is 0 Å². The van der Waals surface area contributed by atoms with E-state index in [2.05, 4.69) is 39.6 Å². The number of aromatic nitrogens is 3. The van der Waals surface area contributed by atoms with E-state index in [4.69, 9.17) is 0 Å². The lowest BCUT2D eigenvalue weighted by Crippen LogP contribution is -1.93. The molecule has 3 heterocycles. The molecule has 0 unspecified atom stereocenters. The second-order valence-electron chi connectivity index (χ2n) is 5.91. The van der Waals surface area contributed by atoms with Crippen molar-refractivity contribution in [3.8, 4) is 22.4 Å². The molecule has 5 heteroatoms. The van der Waals surface area contributed by atoms with E-state index < -0.39 is 5.95 Å². The summed E-state index contributed by atoms with van der Waals surface area (Å²) >= 11 is 0. The molecular formula is C20H17FN4. The molecule has 0 saturated heterocycles. The first-order valence-corrected chi connectivity index (χ1v) is 8.01. The SMILES string of the molecule is CNc1ccc(-c2ccc(-c3cc4cc(F)ncc4n3C)cc2)cn1. The highest BCUT2D eigenvalue weighted by Crippen LogP contribution is 2.29. The van der Waals surface area contributed by atoms with Crippen molar-refractivity contribution >= 4 is 16.7 Å². The number of fused-ring (bicyclic) bond motifs is 1. The first-order valence-electron chi connectivity index (χ1n) is 8.01. The van der Waals surface area contributed by atoms with E-state index in [0.29, 0.717) is 0 Å². The highest BCUT2D eigenvalue weighted by Gasteiger charge is 2.09. The van der Waals surface area contributed by atoms with Gasteiger partial charge in [-0.1, -0.05) is 24.3 Å². The number of anilines is 1. The van der Waals surface area contributed by atoms with Crippen LogP contribution < -0.4 is 5.32 Å². The van der Waals surface area contributed by atoms with Crippen molar-refractivity contribution in [2.24, 2.45) is 7.05 Å². The number of halogens is 1. The highest BCUT2D eigenvalue weighted by molar-refractivity contribution is 5.86. The molecule has 0 saturated carbocycles. The molecule has 0 aliphatic heterocycles. The molecule has 25 heavy (non-hydrogen) atoms. The molecule has 3 aromatic heterocycles. The Kier molecular flexibility index (Phi) is 3.69. The average Bonchev–Trinajstić information content (AvgIpc) is 2.98. The maximum absolute atomic E-state index is 13.3. The first-order chi connectivity index (χ1) is 12.2. The van der Waals surface area contributed by atoms with Gasteiger partial charge in [-0.2, -0.15) is 4.39 Å². The summed E-state index contributed by atoms with van der Waals surface area (Å²) in [5.41, 5.74) is 5.17. The molecule has 4 rings (SSSR count). The highest BCUT2D eigenvalue weighted by atomic mass is 19.1. The zero-order valence-corrected chi connectivity index (χ0v) is 14.0. The lowest BCUT2D eigenvalue weighted by molar-refractivity contribution is 0.586. The van der Waals surface area contributed by atoms with E-state index in [1.165, 1.54) is 6.07 Å². The number of hydrogen-bond donors (Lipinski definition) is 1. The van der Waals surface area contributed by atoms with E-state index in [9.17, 15) is 4.39 Å². The zero-order chi connectivity index (χ0) is 17.4. The average molecular weight is 332 g/mol. The molecule has 0 aliphatic carbocycles. The minimum absolute atomic E-state index is 0.461. The third-order valence-electron chi connectivity index (χ3n) is 4.43. The molecule has 4 aromatic rings. The van der Waals surface area contributed by atoms with Crippen LogP contribution in [0.1, 0.15) is 0 Å². The minimum Gasteiger partial charge on any atom is -0.373 e. The number of benzene rings is 1. The van der Waals surface area contributed by atoms with Gasteiger partial charge in [-0.15, -0.1) is 0 Å². The second-order valence-corrected chi connectivity index (χ2v) is 5.91. The van der Waals surface area contributed by atoms with Crippen LogP contribution >= 0.6 is 0 Å². The Labute approximate surface area is 145 Å². The van der Waals surface area contributed by atoms with Gasteiger partial charge in [-0.25, -0.2) is 9.97 Å². The van der Waals surface area contributed by atoms with Crippen molar-refractivity contribution in [1.82, 2.24) is 14.5 Å². The Morgan fingerprint density at radius 2 is 1.60 bits per heavy atom. The topological polar surface area (TPSA) is 42.7 Å². The quantitative estimate of drug-likeness (QED) is 0.562. The maximum atomic E-state index is 13.3. The molecule has 0 spiro atoms. The van der Waals surface area contributed by atoms with Crippen LogP contribution in [0.25, 0.3) is 33.3 Å². The molecule has 4 nitrogen and oxygen atoms in total. The summed E-state index contributed by atoms with van der Waals surface area (Å²) in [5.74, 6) is 0.384. The lowest BCUT2D eigenvalue weighted by Gasteiger charge is -2.07. The molecular weight excluding hydrogens is 315 g/mol. The fourth-order valence-corrected chi connectivity index (χ4v) is 3.03. The van der Waals surface area contributed by atoms with E-state index in [1.807, 2.05) is 43.1 Å². The molecule has 0 fully saturated rings. The number of aryl methyl sites for hydroxylation is 1. The van der Waals surface area contributed by atoms with Crippen molar-refractivity contribution < 1.29 is 4.39 Å². The van der Waals surface area contributed by atoms with Crippen molar-refractivity contribution in [3.05, 3.63) is 66.9 Å². The van der Waals surface area contributed by atoms with E-state index in [-0.39, 0.29) is 0 Å². The number of pyridine rings is 2. The molecule has 0 aliphatic rings. The molecule has 0 atom stereocenters. The predicted octanol–water partition coefficient (Wildman–Crippen LogP) is 4.48. The van der Waals surface area contributed by atoms with Crippen molar-refractivity contribution in [2.45, 2.75) is 0 Å². The van der Waals surface area contributed by atoms with E-state index in [0.717, 1.165) is 39.1 Å². The third kappa shape index (κ3) is 2.74. The van der Waals surface area contributed by atoms with Crippen LogP contribution in [0, 0.1) is 5.95 Å². The van der Waals surface area contributed by atoms with E-state index in [1.54, 1.807) is 6.20 Å². The van der Waals surface area contributed by atoms with Gasteiger partial charge in [0.2, 0.25) is 5.95 Å². The molecule has 124 valence electrons. The standard InChI is InChI=1S/C20H17FN4/c1-22-20-8-7-15(11-24-20)13-3-5-14(6-4-13)17-9-16-10-19(21)23-12-18(16)25(17)2/h3-12H,1-2H3,(H,22,24). The fourth-order valence-electron chi connectivity index (χ4n) is 3.03. The summed E-state index contributed by atoms with van der Waals surface area (Å²) in [6, 6.07) is 15.7. The minimum atomic E-state index is -0.461. The summed E-state index contributed by atoms with van der Waals surface area (Å²) < 4.78 is 15.4. The van der Waals surface area contributed by atoms with Gasteiger partial charge in [0.15, 0.2) is 0 Å². The summed E-state index contributed by atoms with van der Waals surface area (Å²) in [6.45, 7) is 0. The predicted molar refractivity (Wildman–Crippen MR) is 98.9 cm³/mol. The van der Waals surface area contributed by atoms with Gasteiger partial charge in [0.25, 0.3) is 0 Å². The van der Waals surface area contributed by atoms with Crippen LogP contribution in [0.15, 0.2) is 60.9 Å². The van der Waals surface area contributed by atoms with Crippen molar-refractivity contribution in [1.29, 1.82) is 0 Å². The Morgan fingerprint density at radius 3 is 2.28 bits per heavy atom. The molecule has 0 radical (unpaired) electrons. The summed E-state index contributed by atoms with van der Waals surface area (Å²) in [6.07, 6.45) is 3.42. The van der Waals surface area contributed by atoms with Crippen LogP contribution in [0.2, 0.25) is 0 Å². The third-order valence-corrected chi connectivity index (χ3v) is 4.43. The van der Waals surface area contributed by atoms with Gasteiger partial charge >= 0.3 is 0 Å². The van der Waals surface area contributed by atoms with Crippen LogP contribution in [0.5, 0.6) is 0 Å². The molecule has 0 amide bonds. The number of hydrogen-bond acceptors (Lipinski definition) is 3. The fraction of sp³-hybridized carbons (Fsp3) is 0.100. The molecule has 1 aromatic carbocycles. The maximum Gasteiger partial charge on any atom is 0.213 e. The summed E-state index contributed by atoms with van der Waals surface area (Å²) in [4.78, 5) is 8.09. The van der Waals surface area contributed by atoms with Gasteiger partial charge < -0.3 is 9.88 Å². The Balaban J connectivity index is 1.71. The van der Waals surface area contributed by atoms with Gasteiger partial charge in [0.05, 0.1) is 11.7 Å². The van der Waals surface area contributed by atoms with Crippen LogP contribution in [-0.4, -0.2) is 21.6 Å². The second kappa shape index (κ2) is 6.02. The first kappa shape index (κ1) is 15.3. The molecule has 1 N–H and O–H groups in total. The Bertz CT molecular complexity index is 1030. The monoisotopic (exact) mass is 332 g/mol. The zero-order valence-electron chi connectivity index (χ0n) is 14.0. The van der Waals surface area contributed by atoms with Crippen LogP contribution in [0.4, 0.5) is 10.2 Å². The van der Waals surface area contributed by atoms with Gasteiger partial charge in [-0.05, 0) is 29.3 Å². The van der Waals surface area contributed by atoms with Crippen LogP contribution in [0.3, 0.4) is 0 Å². The van der Waals surface area contributed by atoms with E-state index >= 15 is 0 Å². The number of nitrogens with one attached hydrogen (secondary N) is 1. The number of rotatable bonds is 3. The van der Waals surface area contributed by atoms with Gasteiger partial charge in [-0.3, -0.25) is 0 Å². The number of nitrogens with zero attached hydrogens (tertiary/aromatic N) is 3. The smallest absolute Gasteiger partial charge is 0.213 e. The summed E-state index contributed by atoms with van der Waals surface area (Å²) in [5, 5.41) is 3.86. The lowest BCUT2D eigenvalue weighted by atomic mass is 10.0. The van der Waals surface area contributed by atoms with Gasteiger partial charge in [0.1, 0.15) is 5.82 Å².